The predicted molar refractivity (Wildman–Crippen MR) is 103 cm³/mol. The van der Waals surface area contributed by atoms with Gasteiger partial charge in [-0.2, -0.15) is 22.0 Å². The summed E-state index contributed by atoms with van der Waals surface area (Å²) in [5, 5.41) is 3.11. The van der Waals surface area contributed by atoms with E-state index in [1.54, 1.807) is 12.1 Å². The molecule has 0 aromatic heterocycles. The van der Waals surface area contributed by atoms with Gasteiger partial charge in [0.15, 0.2) is 0 Å². The fourth-order valence-electron chi connectivity index (χ4n) is 3.40. The molecule has 0 unspecified atom stereocenters. The molecular weight excluding hydrogens is 421 g/mol. The average molecular weight is 443 g/mol. The van der Waals surface area contributed by atoms with Gasteiger partial charge in [-0.3, -0.25) is 0 Å². The van der Waals surface area contributed by atoms with E-state index in [2.05, 4.69) is 5.32 Å². The number of ether oxygens (including phenoxy) is 2. The normalized spacial score (nSPS) is 16.2. The molecule has 0 radical (unpaired) electrons. The van der Waals surface area contributed by atoms with Crippen LogP contribution in [-0.2, 0) is 19.9 Å². The third kappa shape index (κ3) is 5.04. The number of hydrogen-bond acceptors (Lipinski definition) is 4. The highest BCUT2D eigenvalue weighted by Gasteiger charge is 2.60. The minimum Gasteiger partial charge on any atom is -0.460 e. The first-order valence-corrected chi connectivity index (χ1v) is 9.78. The number of halogens is 5. The average Bonchev–Trinajstić information content (AvgIpc) is 2.75. The Labute approximate surface area is 176 Å². The number of rotatable bonds is 7. The second-order valence-corrected chi connectivity index (χ2v) is 7.26. The summed E-state index contributed by atoms with van der Waals surface area (Å²) in [5.41, 5.74) is -2.10. The highest BCUT2D eigenvalue weighted by Crippen LogP contribution is 2.41. The Morgan fingerprint density at radius 1 is 0.871 bits per heavy atom. The Morgan fingerprint density at radius 3 is 1.81 bits per heavy atom. The molecule has 168 valence electrons. The number of esters is 1. The van der Waals surface area contributed by atoms with E-state index in [-0.39, 0.29) is 11.1 Å². The fraction of sp³-hybridized carbons (Fsp3) is 0.409. The summed E-state index contributed by atoms with van der Waals surface area (Å²) in [7, 11) is 0. The number of alkyl halides is 5. The molecule has 2 aromatic rings. The van der Waals surface area contributed by atoms with Gasteiger partial charge in [0, 0.05) is 0 Å². The molecule has 0 amide bonds. The van der Waals surface area contributed by atoms with Crippen molar-refractivity contribution < 1.29 is 36.2 Å². The maximum absolute atomic E-state index is 13.8. The zero-order chi connectivity index (χ0) is 22.5. The van der Waals surface area contributed by atoms with Gasteiger partial charge in [0.2, 0.25) is 5.60 Å². The van der Waals surface area contributed by atoms with Crippen molar-refractivity contribution in [3.63, 3.8) is 0 Å². The largest absolute Gasteiger partial charge is 0.460 e. The van der Waals surface area contributed by atoms with E-state index in [0.717, 1.165) is 0 Å². The Balaban J connectivity index is 2.06. The van der Waals surface area contributed by atoms with Crippen LogP contribution in [0.15, 0.2) is 60.7 Å². The highest BCUT2D eigenvalue weighted by molar-refractivity contribution is 5.86. The van der Waals surface area contributed by atoms with Crippen LogP contribution in [0.3, 0.4) is 0 Å². The molecule has 1 N–H and O–H groups in total. The van der Waals surface area contributed by atoms with E-state index in [4.69, 9.17) is 9.47 Å². The van der Waals surface area contributed by atoms with Gasteiger partial charge in [0.05, 0.1) is 0 Å². The van der Waals surface area contributed by atoms with Gasteiger partial charge in [-0.25, -0.2) is 4.79 Å². The van der Waals surface area contributed by atoms with Gasteiger partial charge in [-0.05, 0) is 37.1 Å². The molecule has 3 rings (SSSR count). The van der Waals surface area contributed by atoms with Crippen molar-refractivity contribution in [1.29, 1.82) is 0 Å². The van der Waals surface area contributed by atoms with Gasteiger partial charge < -0.3 is 14.8 Å². The Kier molecular flexibility index (Phi) is 6.96. The number of carbonyl (C=O) groups excluding carboxylic acids is 1. The Morgan fingerprint density at radius 2 is 1.35 bits per heavy atom. The minimum atomic E-state index is -5.83. The topological polar surface area (TPSA) is 47.6 Å². The van der Waals surface area contributed by atoms with Crippen LogP contribution in [0, 0.1) is 0 Å². The van der Waals surface area contributed by atoms with E-state index in [0.29, 0.717) is 25.9 Å². The van der Waals surface area contributed by atoms with Gasteiger partial charge in [0.25, 0.3) is 0 Å². The van der Waals surface area contributed by atoms with Gasteiger partial charge in [0.1, 0.15) is 12.7 Å². The first-order chi connectivity index (χ1) is 14.7. The third-order valence-corrected chi connectivity index (χ3v) is 5.09. The summed E-state index contributed by atoms with van der Waals surface area (Å²) in [6.07, 6.45) is -5.36. The molecule has 9 heteroatoms. The van der Waals surface area contributed by atoms with Crippen LogP contribution in [-0.4, -0.2) is 43.9 Å². The minimum absolute atomic E-state index is 0.0955. The second kappa shape index (κ2) is 9.32. The van der Waals surface area contributed by atoms with Crippen molar-refractivity contribution in [2.45, 2.75) is 36.6 Å². The molecule has 31 heavy (non-hydrogen) atoms. The molecular formula is C22H22F5NO3. The summed E-state index contributed by atoms with van der Waals surface area (Å²) in [6.45, 7) is -0.856. The Bertz CT molecular complexity index is 813. The number of nitrogens with one attached hydrogen (secondary N) is 1. The molecule has 1 aliphatic heterocycles. The quantitative estimate of drug-likeness (QED) is 0.508. The third-order valence-electron chi connectivity index (χ3n) is 5.09. The summed E-state index contributed by atoms with van der Waals surface area (Å²) in [4.78, 5) is 13.4. The van der Waals surface area contributed by atoms with Crippen LogP contribution in [0.5, 0.6) is 0 Å². The maximum Gasteiger partial charge on any atom is 0.455 e. The fourth-order valence-corrected chi connectivity index (χ4v) is 3.40. The predicted octanol–water partition coefficient (Wildman–Crippen LogP) is 4.44. The molecule has 1 aliphatic rings. The summed E-state index contributed by atoms with van der Waals surface area (Å²) in [5.74, 6) is -6.19. The van der Waals surface area contributed by atoms with Crippen LogP contribution < -0.4 is 5.32 Å². The first-order valence-electron chi connectivity index (χ1n) is 9.78. The lowest BCUT2D eigenvalue weighted by molar-refractivity contribution is -0.304. The summed E-state index contributed by atoms with van der Waals surface area (Å²) in [6, 6.07) is 15.1. The van der Waals surface area contributed by atoms with E-state index < -0.39 is 36.4 Å². The van der Waals surface area contributed by atoms with Crippen LogP contribution in [0.4, 0.5) is 22.0 Å². The Hall–Kier alpha value is -2.52. The molecule has 0 atom stereocenters. The lowest BCUT2D eigenvalue weighted by Crippen LogP contribution is -2.49. The number of benzene rings is 2. The molecule has 1 saturated heterocycles. The molecule has 0 aliphatic carbocycles. The molecule has 2 aromatic carbocycles. The summed E-state index contributed by atoms with van der Waals surface area (Å²) >= 11 is 0. The number of carbonyl (C=O) groups is 1. The monoisotopic (exact) mass is 443 g/mol. The lowest BCUT2D eigenvalue weighted by atomic mass is 9.85. The van der Waals surface area contributed by atoms with Crippen molar-refractivity contribution in [3.05, 3.63) is 71.8 Å². The van der Waals surface area contributed by atoms with Gasteiger partial charge in [-0.15, -0.1) is 0 Å². The zero-order valence-corrected chi connectivity index (χ0v) is 16.5. The smallest absolute Gasteiger partial charge is 0.455 e. The van der Waals surface area contributed by atoms with Gasteiger partial charge in [-0.1, -0.05) is 60.7 Å². The van der Waals surface area contributed by atoms with Crippen molar-refractivity contribution >= 4 is 5.97 Å². The van der Waals surface area contributed by atoms with Gasteiger partial charge >= 0.3 is 18.1 Å². The molecule has 0 spiro atoms. The van der Waals surface area contributed by atoms with E-state index in [1.165, 1.54) is 48.5 Å². The van der Waals surface area contributed by atoms with Crippen LogP contribution in [0.1, 0.15) is 24.0 Å². The standard InChI is InChI=1S/C22H22F5NO3/c23-20(24,22(25,26)27)15-30-21(16-7-3-1-4-8-16,17-9-5-2-6-10-17)19(29)31-18-11-13-28-14-12-18/h1-10,18,28H,11-15H2. The van der Waals surface area contributed by atoms with Crippen LogP contribution in [0.2, 0.25) is 0 Å². The van der Waals surface area contributed by atoms with Crippen LogP contribution in [0.25, 0.3) is 0 Å². The van der Waals surface area contributed by atoms with Crippen molar-refractivity contribution in [3.8, 4) is 0 Å². The highest BCUT2D eigenvalue weighted by atomic mass is 19.4. The second-order valence-electron chi connectivity index (χ2n) is 7.26. The maximum atomic E-state index is 13.8. The lowest BCUT2D eigenvalue weighted by Gasteiger charge is -2.36. The first kappa shape index (κ1) is 23.1. The molecule has 0 bridgehead atoms. The molecule has 4 nitrogen and oxygen atoms in total. The molecule has 1 heterocycles. The molecule has 1 fully saturated rings. The zero-order valence-electron chi connectivity index (χ0n) is 16.5. The molecule has 0 saturated carbocycles. The van der Waals surface area contributed by atoms with Crippen molar-refractivity contribution in [2.24, 2.45) is 0 Å². The van der Waals surface area contributed by atoms with E-state index in [1.807, 2.05) is 0 Å². The summed E-state index contributed by atoms with van der Waals surface area (Å²) < 4.78 is 76.9. The van der Waals surface area contributed by atoms with Crippen molar-refractivity contribution in [2.75, 3.05) is 19.7 Å². The van der Waals surface area contributed by atoms with Crippen LogP contribution >= 0.6 is 0 Å². The van der Waals surface area contributed by atoms with E-state index in [9.17, 15) is 26.7 Å². The SMILES string of the molecule is O=C(OC1CCNCC1)C(OCC(F)(F)C(F)(F)F)(c1ccccc1)c1ccccc1. The number of piperidine rings is 1. The van der Waals surface area contributed by atoms with E-state index >= 15 is 0 Å². The number of hydrogen-bond donors (Lipinski definition) is 1. The van der Waals surface area contributed by atoms with Crippen molar-refractivity contribution in [1.82, 2.24) is 5.32 Å².